The lowest BCUT2D eigenvalue weighted by Crippen LogP contribution is -2.11. The second-order valence-electron chi connectivity index (χ2n) is 5.79. The third kappa shape index (κ3) is 3.67. The van der Waals surface area contributed by atoms with Crippen LogP contribution in [0.5, 0.6) is 0 Å². The van der Waals surface area contributed by atoms with Crippen molar-refractivity contribution >= 4 is 39.9 Å². The molecule has 0 saturated heterocycles. The Bertz CT molecular complexity index is 1050. The van der Waals surface area contributed by atoms with Gasteiger partial charge in [-0.3, -0.25) is 4.79 Å². The summed E-state index contributed by atoms with van der Waals surface area (Å²) in [6.45, 7) is 0. The van der Waals surface area contributed by atoms with E-state index in [0.717, 1.165) is 34.4 Å². The van der Waals surface area contributed by atoms with Crippen LogP contribution in [-0.2, 0) is 4.79 Å². The Kier molecular flexibility index (Phi) is 4.79. The van der Waals surface area contributed by atoms with Crippen LogP contribution in [0.2, 0.25) is 0 Å². The van der Waals surface area contributed by atoms with E-state index >= 15 is 0 Å². The van der Waals surface area contributed by atoms with Gasteiger partial charge in [-0.25, -0.2) is 14.5 Å². The van der Waals surface area contributed by atoms with Gasteiger partial charge in [0.15, 0.2) is 5.65 Å². The van der Waals surface area contributed by atoms with Crippen LogP contribution in [0.15, 0.2) is 66.1 Å². The summed E-state index contributed by atoms with van der Waals surface area (Å²) in [7, 11) is 0. The molecule has 6 nitrogen and oxygen atoms in total. The minimum absolute atomic E-state index is 0.0231. The van der Waals surface area contributed by atoms with E-state index in [2.05, 4.69) is 20.4 Å². The quantitative estimate of drug-likeness (QED) is 0.417. The number of rotatable bonds is 6. The molecule has 4 rings (SSSR count). The van der Waals surface area contributed by atoms with Crippen molar-refractivity contribution in [2.45, 2.75) is 18.0 Å². The molecule has 1 N–H and O–H groups in total. The van der Waals surface area contributed by atoms with Crippen molar-refractivity contribution in [3.63, 3.8) is 0 Å². The number of thioether (sulfide) groups is 1. The fourth-order valence-corrected chi connectivity index (χ4v) is 3.43. The molecule has 2 heterocycles. The van der Waals surface area contributed by atoms with E-state index in [1.54, 1.807) is 22.6 Å². The van der Waals surface area contributed by atoms with Gasteiger partial charge in [-0.15, -0.1) is 5.10 Å². The van der Waals surface area contributed by atoms with Crippen LogP contribution in [0.1, 0.15) is 12.8 Å². The Hall–Kier alpha value is -2.93. The van der Waals surface area contributed by atoms with Crippen LogP contribution in [-0.4, -0.2) is 31.2 Å². The molecule has 0 unspecified atom stereocenters. The Labute approximate surface area is 154 Å². The number of hydrogen-bond acceptors (Lipinski definition) is 5. The van der Waals surface area contributed by atoms with Gasteiger partial charge in [-0.05, 0) is 30.7 Å². The lowest BCUT2D eigenvalue weighted by molar-refractivity contribution is -0.116. The van der Waals surface area contributed by atoms with E-state index in [1.165, 1.54) is 0 Å². The fourth-order valence-electron chi connectivity index (χ4n) is 2.66. The molecule has 0 aliphatic rings. The maximum Gasteiger partial charge on any atom is 0.224 e. The van der Waals surface area contributed by atoms with Gasteiger partial charge in [0.1, 0.15) is 6.33 Å². The van der Waals surface area contributed by atoms with Crippen molar-refractivity contribution in [1.29, 1.82) is 0 Å². The highest BCUT2D eigenvalue weighted by molar-refractivity contribution is 7.99. The molecule has 2 aromatic heterocycles. The molecular weight excluding hydrogens is 346 g/mol. The van der Waals surface area contributed by atoms with E-state index < -0.39 is 0 Å². The van der Waals surface area contributed by atoms with E-state index in [4.69, 9.17) is 0 Å². The zero-order chi connectivity index (χ0) is 17.8. The SMILES string of the molecule is O=C(CCCSc1nc2c3ccccc3ncn2n1)Nc1ccccc1. The second kappa shape index (κ2) is 7.53. The standard InChI is InChI=1S/C19H17N5OS/c25-17(21-14-7-2-1-3-8-14)11-6-12-26-19-22-18-15-9-4-5-10-16(15)20-13-24(18)23-19/h1-5,7-10,13H,6,11-12H2,(H,21,25). The van der Waals surface area contributed by atoms with Gasteiger partial charge in [0.05, 0.1) is 5.52 Å². The molecule has 2 aromatic carbocycles. The lowest BCUT2D eigenvalue weighted by atomic mass is 10.2. The third-order valence-electron chi connectivity index (χ3n) is 3.90. The molecule has 7 heteroatoms. The number of nitrogens with zero attached hydrogens (tertiary/aromatic N) is 4. The normalized spacial score (nSPS) is 11.1. The molecular formula is C19H17N5OS. The first-order chi connectivity index (χ1) is 12.8. The zero-order valence-electron chi connectivity index (χ0n) is 14.0. The number of nitrogens with one attached hydrogen (secondary N) is 1. The molecule has 0 saturated carbocycles. The van der Waals surface area contributed by atoms with Crippen LogP contribution in [0.4, 0.5) is 5.69 Å². The van der Waals surface area contributed by atoms with Gasteiger partial charge in [0.2, 0.25) is 11.1 Å². The average molecular weight is 363 g/mol. The lowest BCUT2D eigenvalue weighted by Gasteiger charge is -2.04. The topological polar surface area (TPSA) is 72.2 Å². The predicted octanol–water partition coefficient (Wildman–Crippen LogP) is 3.79. The first-order valence-electron chi connectivity index (χ1n) is 8.37. The summed E-state index contributed by atoms with van der Waals surface area (Å²) in [5, 5.41) is 9.03. The number of hydrogen-bond donors (Lipinski definition) is 1. The van der Waals surface area contributed by atoms with Crippen LogP contribution in [0.3, 0.4) is 0 Å². The Morgan fingerprint density at radius 3 is 2.77 bits per heavy atom. The number of fused-ring (bicyclic) bond motifs is 3. The molecule has 0 aliphatic heterocycles. The Morgan fingerprint density at radius 1 is 1.08 bits per heavy atom. The Balaban J connectivity index is 1.33. The van der Waals surface area contributed by atoms with Crippen LogP contribution in [0, 0.1) is 0 Å². The van der Waals surface area contributed by atoms with Crippen molar-refractivity contribution in [1.82, 2.24) is 19.6 Å². The molecule has 1 amide bonds. The van der Waals surface area contributed by atoms with Gasteiger partial charge in [0, 0.05) is 23.2 Å². The number of carbonyl (C=O) groups is 1. The number of amides is 1. The third-order valence-corrected chi connectivity index (χ3v) is 4.82. The molecule has 0 spiro atoms. The van der Waals surface area contributed by atoms with Crippen molar-refractivity contribution in [2.24, 2.45) is 0 Å². The van der Waals surface area contributed by atoms with E-state index in [1.807, 2.05) is 54.6 Å². The summed E-state index contributed by atoms with van der Waals surface area (Å²) in [4.78, 5) is 20.9. The maximum atomic E-state index is 11.9. The number of anilines is 1. The molecule has 0 fully saturated rings. The van der Waals surface area contributed by atoms with Crippen LogP contribution < -0.4 is 5.32 Å². The highest BCUT2D eigenvalue weighted by atomic mass is 32.2. The first kappa shape index (κ1) is 16.5. The highest BCUT2D eigenvalue weighted by Crippen LogP contribution is 2.21. The molecule has 0 atom stereocenters. The summed E-state index contributed by atoms with van der Waals surface area (Å²) >= 11 is 1.55. The molecule has 26 heavy (non-hydrogen) atoms. The number of benzene rings is 2. The van der Waals surface area contributed by atoms with Gasteiger partial charge in [-0.1, -0.05) is 42.1 Å². The van der Waals surface area contributed by atoms with Crippen molar-refractivity contribution in [3.05, 3.63) is 60.9 Å². The first-order valence-corrected chi connectivity index (χ1v) is 9.36. The van der Waals surface area contributed by atoms with E-state index in [9.17, 15) is 4.79 Å². The van der Waals surface area contributed by atoms with Gasteiger partial charge >= 0.3 is 0 Å². The van der Waals surface area contributed by atoms with Crippen LogP contribution in [0.25, 0.3) is 16.6 Å². The fraction of sp³-hybridized carbons (Fsp3) is 0.158. The van der Waals surface area contributed by atoms with E-state index in [0.29, 0.717) is 11.6 Å². The largest absolute Gasteiger partial charge is 0.326 e. The van der Waals surface area contributed by atoms with Gasteiger partial charge in [-0.2, -0.15) is 0 Å². The molecule has 0 radical (unpaired) electrons. The summed E-state index contributed by atoms with van der Waals surface area (Å²) in [5.41, 5.74) is 2.54. The van der Waals surface area contributed by atoms with Gasteiger partial charge in [0.25, 0.3) is 0 Å². The molecule has 130 valence electrons. The summed E-state index contributed by atoms with van der Waals surface area (Å²) < 4.78 is 1.70. The smallest absolute Gasteiger partial charge is 0.224 e. The van der Waals surface area contributed by atoms with Crippen LogP contribution >= 0.6 is 11.8 Å². The molecule has 4 aromatic rings. The second-order valence-corrected chi connectivity index (χ2v) is 6.85. The number of aromatic nitrogens is 4. The summed E-state index contributed by atoms with van der Waals surface area (Å²) in [6, 6.07) is 17.4. The van der Waals surface area contributed by atoms with Gasteiger partial charge < -0.3 is 5.32 Å². The van der Waals surface area contributed by atoms with Crippen molar-refractivity contribution < 1.29 is 4.79 Å². The maximum absolute atomic E-state index is 11.9. The van der Waals surface area contributed by atoms with Crippen molar-refractivity contribution in [3.8, 4) is 0 Å². The average Bonchev–Trinajstić information content (AvgIpc) is 3.10. The zero-order valence-corrected chi connectivity index (χ0v) is 14.8. The molecule has 0 aliphatic carbocycles. The highest BCUT2D eigenvalue weighted by Gasteiger charge is 2.09. The summed E-state index contributed by atoms with van der Waals surface area (Å²) in [5.74, 6) is 0.805. The number of para-hydroxylation sites is 2. The Morgan fingerprint density at radius 2 is 1.88 bits per heavy atom. The summed E-state index contributed by atoms with van der Waals surface area (Å²) in [6.07, 6.45) is 2.92. The minimum Gasteiger partial charge on any atom is -0.326 e. The minimum atomic E-state index is 0.0231. The number of carbonyl (C=O) groups excluding carboxylic acids is 1. The van der Waals surface area contributed by atoms with E-state index in [-0.39, 0.29) is 5.91 Å². The predicted molar refractivity (Wildman–Crippen MR) is 103 cm³/mol. The monoisotopic (exact) mass is 363 g/mol. The van der Waals surface area contributed by atoms with Crippen molar-refractivity contribution in [2.75, 3.05) is 11.1 Å². The molecule has 0 bridgehead atoms.